The van der Waals surface area contributed by atoms with E-state index in [0.29, 0.717) is 5.69 Å². The fourth-order valence-electron chi connectivity index (χ4n) is 2.69. The number of carboxylic acid groups (broad SMARTS) is 1. The minimum atomic E-state index is -1.25. The van der Waals surface area contributed by atoms with Gasteiger partial charge in [-0.3, -0.25) is 0 Å². The predicted molar refractivity (Wildman–Crippen MR) is 74.5 cm³/mol. The molecule has 2 N–H and O–H groups in total. The third-order valence-corrected chi connectivity index (χ3v) is 3.67. The number of aromatic carboxylic acids is 1. The molecule has 0 aliphatic heterocycles. The molecule has 0 saturated carbocycles. The van der Waals surface area contributed by atoms with Crippen molar-refractivity contribution in [3.8, 4) is 0 Å². The van der Waals surface area contributed by atoms with Crippen LogP contribution in [0.15, 0.2) is 42.5 Å². The molecule has 3 rings (SSSR count). The maximum Gasteiger partial charge on any atom is 0.338 e. The second-order valence-electron chi connectivity index (χ2n) is 4.93. The van der Waals surface area contributed by atoms with Crippen LogP contribution in [0.4, 0.5) is 10.1 Å². The number of anilines is 1. The van der Waals surface area contributed by atoms with Crippen molar-refractivity contribution in [2.75, 3.05) is 5.32 Å². The van der Waals surface area contributed by atoms with Gasteiger partial charge in [0, 0.05) is 5.69 Å². The van der Waals surface area contributed by atoms with Crippen LogP contribution in [0.1, 0.15) is 33.9 Å². The summed E-state index contributed by atoms with van der Waals surface area (Å²) < 4.78 is 13.4. The first-order valence-corrected chi connectivity index (χ1v) is 6.52. The van der Waals surface area contributed by atoms with Crippen molar-refractivity contribution in [3.63, 3.8) is 0 Å². The molecule has 0 fully saturated rings. The molecule has 1 unspecified atom stereocenters. The molecule has 1 atom stereocenters. The lowest BCUT2D eigenvalue weighted by Gasteiger charge is -2.16. The Labute approximate surface area is 116 Å². The van der Waals surface area contributed by atoms with Crippen molar-refractivity contribution < 1.29 is 14.3 Å². The van der Waals surface area contributed by atoms with Crippen LogP contribution in [0, 0.1) is 5.82 Å². The molecule has 1 aliphatic rings. The molecule has 1 aliphatic carbocycles. The molecule has 20 heavy (non-hydrogen) atoms. The average molecular weight is 271 g/mol. The Kier molecular flexibility index (Phi) is 3.14. The Morgan fingerprint density at radius 1 is 1.25 bits per heavy atom. The Bertz CT molecular complexity index is 669. The number of carbonyl (C=O) groups is 1. The number of carboxylic acids is 1. The van der Waals surface area contributed by atoms with Crippen LogP contribution in [-0.4, -0.2) is 11.1 Å². The summed E-state index contributed by atoms with van der Waals surface area (Å²) in [6, 6.07) is 12.4. The average Bonchev–Trinajstić information content (AvgIpc) is 2.84. The van der Waals surface area contributed by atoms with Crippen LogP contribution in [0.2, 0.25) is 0 Å². The molecule has 0 bridgehead atoms. The van der Waals surface area contributed by atoms with Crippen molar-refractivity contribution in [3.05, 3.63) is 65.0 Å². The number of hydrogen-bond donors (Lipinski definition) is 2. The molecule has 0 radical (unpaired) electrons. The molecule has 0 amide bonds. The van der Waals surface area contributed by atoms with Gasteiger partial charge in [-0.2, -0.15) is 0 Å². The molecule has 2 aromatic rings. The van der Waals surface area contributed by atoms with Crippen molar-refractivity contribution in [2.24, 2.45) is 0 Å². The molecule has 4 heteroatoms. The van der Waals surface area contributed by atoms with Gasteiger partial charge < -0.3 is 10.4 Å². The van der Waals surface area contributed by atoms with E-state index in [1.807, 2.05) is 12.1 Å². The minimum Gasteiger partial charge on any atom is -0.478 e. The quantitative estimate of drug-likeness (QED) is 0.896. The lowest BCUT2D eigenvalue weighted by Crippen LogP contribution is -2.09. The highest BCUT2D eigenvalue weighted by atomic mass is 19.1. The van der Waals surface area contributed by atoms with Gasteiger partial charge >= 0.3 is 5.97 Å². The van der Waals surface area contributed by atoms with Crippen molar-refractivity contribution in [2.45, 2.75) is 18.9 Å². The Morgan fingerprint density at radius 2 is 2.05 bits per heavy atom. The maximum atomic E-state index is 13.4. The molecule has 2 aromatic carbocycles. The Hall–Kier alpha value is -2.36. The second-order valence-corrected chi connectivity index (χ2v) is 4.93. The van der Waals surface area contributed by atoms with Crippen LogP contribution in [0.25, 0.3) is 0 Å². The molecular weight excluding hydrogens is 257 g/mol. The number of rotatable bonds is 3. The van der Waals surface area contributed by atoms with Gasteiger partial charge in [0.05, 0.1) is 11.6 Å². The third kappa shape index (κ3) is 2.25. The summed E-state index contributed by atoms with van der Waals surface area (Å²) in [5.74, 6) is -1.96. The Morgan fingerprint density at radius 3 is 2.85 bits per heavy atom. The fourth-order valence-corrected chi connectivity index (χ4v) is 2.69. The number of nitrogens with one attached hydrogen (secondary N) is 1. The van der Waals surface area contributed by atoms with E-state index < -0.39 is 11.8 Å². The normalized spacial score (nSPS) is 16.8. The van der Waals surface area contributed by atoms with E-state index in [4.69, 9.17) is 5.11 Å². The van der Waals surface area contributed by atoms with Crippen molar-refractivity contribution in [1.29, 1.82) is 0 Å². The zero-order valence-electron chi connectivity index (χ0n) is 10.8. The zero-order valence-corrected chi connectivity index (χ0v) is 10.8. The lowest BCUT2D eigenvalue weighted by molar-refractivity contribution is 0.0692. The zero-order chi connectivity index (χ0) is 14.1. The van der Waals surface area contributed by atoms with Crippen LogP contribution >= 0.6 is 0 Å². The van der Waals surface area contributed by atoms with Gasteiger partial charge in [0.15, 0.2) is 0 Å². The highest BCUT2D eigenvalue weighted by Crippen LogP contribution is 2.33. The standard InChI is InChI=1S/C16H14FNO2/c17-14-7-6-11(9-13(14)16(19)20)18-15-8-5-10-3-1-2-4-12(10)15/h1-4,6-7,9,15,18H,5,8H2,(H,19,20). The number of aryl methyl sites for hydroxylation is 1. The topological polar surface area (TPSA) is 49.3 Å². The van der Waals surface area contributed by atoms with E-state index in [9.17, 15) is 9.18 Å². The summed E-state index contributed by atoms with van der Waals surface area (Å²) in [5, 5.41) is 12.2. The maximum absolute atomic E-state index is 13.4. The van der Waals surface area contributed by atoms with Crippen molar-refractivity contribution >= 4 is 11.7 Å². The molecule has 0 heterocycles. The van der Waals surface area contributed by atoms with E-state index in [2.05, 4.69) is 17.4 Å². The van der Waals surface area contributed by atoms with Crippen LogP contribution in [0.5, 0.6) is 0 Å². The molecule has 0 spiro atoms. The first-order valence-electron chi connectivity index (χ1n) is 6.52. The minimum absolute atomic E-state index is 0.151. The van der Waals surface area contributed by atoms with Gasteiger partial charge in [0.1, 0.15) is 5.82 Å². The number of hydrogen-bond acceptors (Lipinski definition) is 2. The van der Waals surface area contributed by atoms with E-state index in [1.54, 1.807) is 6.07 Å². The van der Waals surface area contributed by atoms with Gasteiger partial charge in [-0.15, -0.1) is 0 Å². The van der Waals surface area contributed by atoms with Crippen LogP contribution in [-0.2, 0) is 6.42 Å². The third-order valence-electron chi connectivity index (χ3n) is 3.67. The van der Waals surface area contributed by atoms with E-state index >= 15 is 0 Å². The van der Waals surface area contributed by atoms with Gasteiger partial charge in [-0.05, 0) is 42.2 Å². The van der Waals surface area contributed by atoms with Gasteiger partial charge in [0.25, 0.3) is 0 Å². The van der Waals surface area contributed by atoms with Gasteiger partial charge in [-0.1, -0.05) is 24.3 Å². The van der Waals surface area contributed by atoms with E-state index in [-0.39, 0.29) is 11.6 Å². The predicted octanol–water partition coefficient (Wildman–Crippen LogP) is 3.62. The molecule has 0 aromatic heterocycles. The summed E-state index contributed by atoms with van der Waals surface area (Å²) in [6.07, 6.45) is 1.96. The van der Waals surface area contributed by atoms with Crippen LogP contribution in [0.3, 0.4) is 0 Å². The lowest BCUT2D eigenvalue weighted by atomic mass is 10.1. The van der Waals surface area contributed by atoms with E-state index in [1.165, 1.54) is 23.3 Å². The number of benzene rings is 2. The summed E-state index contributed by atoms with van der Waals surface area (Å²) in [5.41, 5.74) is 2.87. The van der Waals surface area contributed by atoms with Crippen LogP contribution < -0.4 is 5.32 Å². The first kappa shape index (κ1) is 12.7. The summed E-state index contributed by atoms with van der Waals surface area (Å²) in [6.45, 7) is 0. The molecule has 3 nitrogen and oxygen atoms in total. The molecule has 102 valence electrons. The number of halogens is 1. The van der Waals surface area contributed by atoms with Crippen molar-refractivity contribution in [1.82, 2.24) is 0 Å². The highest BCUT2D eigenvalue weighted by Gasteiger charge is 2.22. The smallest absolute Gasteiger partial charge is 0.338 e. The summed E-state index contributed by atoms with van der Waals surface area (Å²) in [7, 11) is 0. The Balaban J connectivity index is 1.86. The van der Waals surface area contributed by atoms with Gasteiger partial charge in [-0.25, -0.2) is 9.18 Å². The van der Waals surface area contributed by atoms with E-state index in [0.717, 1.165) is 12.8 Å². The number of fused-ring (bicyclic) bond motifs is 1. The molecular formula is C16H14FNO2. The second kappa shape index (κ2) is 4.96. The fraction of sp³-hybridized carbons (Fsp3) is 0.188. The molecule has 0 saturated heterocycles. The first-order chi connectivity index (χ1) is 9.65. The summed E-state index contributed by atoms with van der Waals surface area (Å²) >= 11 is 0. The largest absolute Gasteiger partial charge is 0.478 e. The van der Waals surface area contributed by atoms with Gasteiger partial charge in [0.2, 0.25) is 0 Å². The monoisotopic (exact) mass is 271 g/mol. The highest BCUT2D eigenvalue weighted by molar-refractivity contribution is 5.89. The summed E-state index contributed by atoms with van der Waals surface area (Å²) in [4.78, 5) is 10.9. The SMILES string of the molecule is O=C(O)c1cc(NC2CCc3ccccc32)ccc1F.